The number of amides is 2. The van der Waals surface area contributed by atoms with Gasteiger partial charge in [-0.3, -0.25) is 10.1 Å². The van der Waals surface area contributed by atoms with Gasteiger partial charge >= 0.3 is 6.09 Å². The van der Waals surface area contributed by atoms with Gasteiger partial charge in [-0.25, -0.2) is 4.79 Å². The van der Waals surface area contributed by atoms with Crippen molar-refractivity contribution in [3.8, 4) is 16.9 Å². The standard InChI is InChI=1S/C28H28N2O4/c1-33-27(32)29-24-10-7-20(8-11-24)22-9-12-25-23(19-22)13-14-28(34-25)15-17-30(18-16-28)26(31)21-5-3-2-4-6-21/h2-12,19H,13-18H2,1H3,(H,29,32). The maximum Gasteiger partial charge on any atom is 0.411 e. The van der Waals surface area contributed by atoms with Crippen molar-refractivity contribution in [2.24, 2.45) is 0 Å². The predicted octanol–water partition coefficient (Wildman–Crippen LogP) is 5.53. The summed E-state index contributed by atoms with van der Waals surface area (Å²) >= 11 is 0. The van der Waals surface area contributed by atoms with Gasteiger partial charge in [0, 0.05) is 37.2 Å². The molecule has 2 aliphatic heterocycles. The summed E-state index contributed by atoms with van der Waals surface area (Å²) in [7, 11) is 1.34. The van der Waals surface area contributed by atoms with Crippen LogP contribution in [0.25, 0.3) is 11.1 Å². The minimum absolute atomic E-state index is 0.101. The van der Waals surface area contributed by atoms with Crippen molar-refractivity contribution in [2.75, 3.05) is 25.5 Å². The molecule has 0 radical (unpaired) electrons. The van der Waals surface area contributed by atoms with Crippen LogP contribution in [0.1, 0.15) is 35.2 Å². The molecule has 2 heterocycles. The number of carbonyl (C=O) groups is 2. The second-order valence-corrected chi connectivity index (χ2v) is 8.96. The van der Waals surface area contributed by atoms with Crippen LogP contribution in [-0.2, 0) is 11.2 Å². The number of nitrogens with one attached hydrogen (secondary N) is 1. The quantitative estimate of drug-likeness (QED) is 0.563. The van der Waals surface area contributed by atoms with Gasteiger partial charge in [-0.1, -0.05) is 36.4 Å². The molecular weight excluding hydrogens is 428 g/mol. The number of carbonyl (C=O) groups excluding carboxylic acids is 2. The number of likely N-dealkylation sites (tertiary alicyclic amines) is 1. The van der Waals surface area contributed by atoms with E-state index in [4.69, 9.17) is 4.74 Å². The van der Waals surface area contributed by atoms with E-state index in [1.807, 2.05) is 59.5 Å². The summed E-state index contributed by atoms with van der Waals surface area (Å²) in [5.74, 6) is 1.05. The molecule has 3 aromatic rings. The van der Waals surface area contributed by atoms with E-state index in [0.717, 1.165) is 48.1 Å². The summed E-state index contributed by atoms with van der Waals surface area (Å²) in [5, 5.41) is 2.67. The van der Waals surface area contributed by atoms with Gasteiger partial charge < -0.3 is 14.4 Å². The lowest BCUT2D eigenvalue weighted by Crippen LogP contribution is -2.51. The molecule has 0 aromatic heterocycles. The number of nitrogens with zero attached hydrogens (tertiary/aromatic N) is 1. The van der Waals surface area contributed by atoms with Gasteiger partial charge in [-0.05, 0) is 65.9 Å². The van der Waals surface area contributed by atoms with E-state index in [-0.39, 0.29) is 11.5 Å². The Bertz CT molecular complexity index is 1180. The number of hydrogen-bond acceptors (Lipinski definition) is 4. The second kappa shape index (κ2) is 9.21. The summed E-state index contributed by atoms with van der Waals surface area (Å²) in [6.07, 6.45) is 3.13. The van der Waals surface area contributed by atoms with Gasteiger partial charge in [0.1, 0.15) is 11.4 Å². The van der Waals surface area contributed by atoms with E-state index in [2.05, 4.69) is 28.3 Å². The van der Waals surface area contributed by atoms with Crippen molar-refractivity contribution in [3.05, 3.63) is 83.9 Å². The molecule has 174 valence electrons. The lowest BCUT2D eigenvalue weighted by molar-refractivity contribution is -0.0106. The monoisotopic (exact) mass is 456 g/mol. The van der Waals surface area contributed by atoms with E-state index in [9.17, 15) is 9.59 Å². The fraction of sp³-hybridized carbons (Fsp3) is 0.286. The molecule has 34 heavy (non-hydrogen) atoms. The van der Waals surface area contributed by atoms with Crippen molar-refractivity contribution in [1.82, 2.24) is 4.90 Å². The molecule has 0 bridgehead atoms. The van der Waals surface area contributed by atoms with Gasteiger partial charge in [0.15, 0.2) is 0 Å². The van der Waals surface area contributed by atoms with Crippen LogP contribution in [0.15, 0.2) is 72.8 Å². The van der Waals surface area contributed by atoms with Crippen molar-refractivity contribution in [2.45, 2.75) is 31.3 Å². The zero-order valence-corrected chi connectivity index (χ0v) is 19.3. The SMILES string of the molecule is COC(=O)Nc1ccc(-c2ccc3c(c2)CCC2(CCN(C(=O)c4ccccc4)CC2)O3)cc1. The lowest BCUT2D eigenvalue weighted by Gasteiger charge is -2.44. The molecule has 6 heteroatoms. The van der Waals surface area contributed by atoms with E-state index >= 15 is 0 Å². The van der Waals surface area contributed by atoms with E-state index in [0.29, 0.717) is 18.8 Å². The van der Waals surface area contributed by atoms with Gasteiger partial charge in [0.05, 0.1) is 7.11 Å². The highest BCUT2D eigenvalue weighted by atomic mass is 16.5. The number of aryl methyl sites for hydroxylation is 1. The van der Waals surface area contributed by atoms with Crippen molar-refractivity contribution in [1.29, 1.82) is 0 Å². The summed E-state index contributed by atoms with van der Waals surface area (Å²) in [4.78, 5) is 26.1. The Morgan fingerprint density at radius 1 is 0.912 bits per heavy atom. The third-order valence-electron chi connectivity index (χ3n) is 6.87. The molecule has 1 spiro atoms. The van der Waals surface area contributed by atoms with Crippen LogP contribution in [0.2, 0.25) is 0 Å². The summed E-state index contributed by atoms with van der Waals surface area (Å²) in [6.45, 7) is 1.43. The average molecular weight is 457 g/mol. The highest BCUT2D eigenvalue weighted by Gasteiger charge is 2.40. The molecule has 3 aromatic carbocycles. The first kappa shape index (κ1) is 22.0. The normalized spacial score (nSPS) is 16.3. The maximum absolute atomic E-state index is 12.8. The predicted molar refractivity (Wildman–Crippen MR) is 131 cm³/mol. The molecule has 0 atom stereocenters. The van der Waals surface area contributed by atoms with Crippen LogP contribution in [0.5, 0.6) is 5.75 Å². The second-order valence-electron chi connectivity index (χ2n) is 8.96. The molecule has 1 saturated heterocycles. The summed E-state index contributed by atoms with van der Waals surface area (Å²) < 4.78 is 11.2. The Balaban J connectivity index is 1.24. The van der Waals surface area contributed by atoms with E-state index in [1.165, 1.54) is 12.7 Å². The number of rotatable bonds is 3. The molecule has 5 rings (SSSR count). The Morgan fingerprint density at radius 3 is 2.32 bits per heavy atom. The van der Waals surface area contributed by atoms with Crippen LogP contribution in [0, 0.1) is 0 Å². The number of ether oxygens (including phenoxy) is 2. The Kier molecular flexibility index (Phi) is 5.97. The minimum Gasteiger partial charge on any atom is -0.487 e. The first-order chi connectivity index (χ1) is 16.5. The Hall–Kier alpha value is -3.80. The van der Waals surface area contributed by atoms with Crippen LogP contribution in [0.3, 0.4) is 0 Å². The highest BCUT2D eigenvalue weighted by molar-refractivity contribution is 5.94. The molecule has 1 N–H and O–H groups in total. The Labute approximate surface area is 199 Å². The zero-order valence-electron chi connectivity index (χ0n) is 19.3. The lowest BCUT2D eigenvalue weighted by atomic mass is 9.82. The first-order valence-corrected chi connectivity index (χ1v) is 11.7. The van der Waals surface area contributed by atoms with Crippen LogP contribution in [0.4, 0.5) is 10.5 Å². The number of methoxy groups -OCH3 is 1. The van der Waals surface area contributed by atoms with Gasteiger partial charge in [-0.2, -0.15) is 0 Å². The fourth-order valence-electron chi connectivity index (χ4n) is 4.85. The summed E-state index contributed by atoms with van der Waals surface area (Å²) in [6, 6.07) is 23.5. The van der Waals surface area contributed by atoms with E-state index in [1.54, 1.807) is 0 Å². The number of benzene rings is 3. The molecule has 1 fully saturated rings. The van der Waals surface area contributed by atoms with E-state index < -0.39 is 6.09 Å². The molecule has 2 aliphatic rings. The molecular formula is C28H28N2O4. The number of anilines is 1. The Morgan fingerprint density at radius 2 is 1.62 bits per heavy atom. The molecule has 2 amide bonds. The molecule has 0 aliphatic carbocycles. The first-order valence-electron chi connectivity index (χ1n) is 11.7. The molecule has 0 saturated carbocycles. The molecule has 0 unspecified atom stereocenters. The van der Waals surface area contributed by atoms with Crippen LogP contribution >= 0.6 is 0 Å². The number of piperidine rings is 1. The largest absolute Gasteiger partial charge is 0.487 e. The molecule has 6 nitrogen and oxygen atoms in total. The zero-order chi connectivity index (χ0) is 23.5. The van der Waals surface area contributed by atoms with Gasteiger partial charge in [-0.15, -0.1) is 0 Å². The smallest absolute Gasteiger partial charge is 0.411 e. The maximum atomic E-state index is 12.8. The van der Waals surface area contributed by atoms with Crippen LogP contribution < -0.4 is 10.1 Å². The number of hydrogen-bond donors (Lipinski definition) is 1. The third kappa shape index (κ3) is 4.49. The average Bonchev–Trinajstić information content (AvgIpc) is 2.89. The van der Waals surface area contributed by atoms with Gasteiger partial charge in [0.25, 0.3) is 5.91 Å². The fourth-order valence-corrected chi connectivity index (χ4v) is 4.85. The third-order valence-corrected chi connectivity index (χ3v) is 6.87. The van der Waals surface area contributed by atoms with Gasteiger partial charge in [0.2, 0.25) is 0 Å². The topological polar surface area (TPSA) is 67.9 Å². The number of fused-ring (bicyclic) bond motifs is 1. The van der Waals surface area contributed by atoms with Crippen molar-refractivity contribution >= 4 is 17.7 Å². The van der Waals surface area contributed by atoms with Crippen molar-refractivity contribution < 1.29 is 19.1 Å². The van der Waals surface area contributed by atoms with Crippen LogP contribution in [-0.4, -0.2) is 42.7 Å². The van der Waals surface area contributed by atoms with Crippen molar-refractivity contribution in [3.63, 3.8) is 0 Å². The minimum atomic E-state index is -0.483. The highest BCUT2D eigenvalue weighted by Crippen LogP contribution is 2.41. The summed E-state index contributed by atoms with van der Waals surface area (Å²) in [5.41, 5.74) is 4.65.